The fraction of sp³-hybridized carbons (Fsp3) is 0.727. The van der Waals surface area contributed by atoms with Crippen LogP contribution in [0, 0.1) is 11.3 Å². The van der Waals surface area contributed by atoms with Gasteiger partial charge in [-0.15, -0.1) is 0 Å². The van der Waals surface area contributed by atoms with Gasteiger partial charge in [-0.2, -0.15) is 0 Å². The molecule has 150 valence electrons. The molecule has 2 aromatic rings. The zero-order chi connectivity index (χ0) is 20.0. The summed E-state index contributed by atoms with van der Waals surface area (Å²) in [5.74, 6) is 0.451. The fourth-order valence-corrected chi connectivity index (χ4v) is 4.63. The first-order chi connectivity index (χ1) is 12.5. The highest BCUT2D eigenvalue weighted by Crippen LogP contribution is 2.37. The van der Waals surface area contributed by atoms with Crippen LogP contribution in [0.2, 0.25) is 0 Å². The number of aromatic nitrogens is 3. The van der Waals surface area contributed by atoms with Gasteiger partial charge in [0, 0.05) is 24.2 Å². The van der Waals surface area contributed by atoms with E-state index in [9.17, 15) is 5.11 Å². The summed E-state index contributed by atoms with van der Waals surface area (Å²) in [5, 5.41) is 13.7. The van der Waals surface area contributed by atoms with Crippen molar-refractivity contribution < 1.29 is 5.11 Å². The van der Waals surface area contributed by atoms with Crippen molar-refractivity contribution in [2.45, 2.75) is 78.3 Å². The molecule has 0 radical (unpaired) electrons. The topological polar surface area (TPSA) is 63.0 Å². The van der Waals surface area contributed by atoms with E-state index in [0.717, 1.165) is 36.1 Å². The molecular weight excluding hydrogens is 336 g/mol. The van der Waals surface area contributed by atoms with E-state index >= 15 is 0 Å². The smallest absolute Gasteiger partial charge is 0.158 e. The minimum absolute atomic E-state index is 0.0553. The molecule has 0 amide bonds. The van der Waals surface area contributed by atoms with Gasteiger partial charge in [-0.1, -0.05) is 48.0 Å². The molecule has 3 rings (SSSR count). The average molecular weight is 373 g/mol. The van der Waals surface area contributed by atoms with Gasteiger partial charge < -0.3 is 15.0 Å². The molecule has 1 saturated heterocycles. The van der Waals surface area contributed by atoms with Crippen LogP contribution in [0.4, 0.5) is 0 Å². The van der Waals surface area contributed by atoms with E-state index in [4.69, 9.17) is 9.97 Å². The lowest BCUT2D eigenvalue weighted by molar-refractivity contribution is 0.118. The van der Waals surface area contributed by atoms with Gasteiger partial charge in [0.2, 0.25) is 0 Å². The number of nitrogens with zero attached hydrogens (tertiary/aromatic N) is 3. The van der Waals surface area contributed by atoms with E-state index in [0.29, 0.717) is 5.92 Å². The van der Waals surface area contributed by atoms with Gasteiger partial charge in [-0.05, 0) is 30.2 Å². The van der Waals surface area contributed by atoms with Gasteiger partial charge >= 0.3 is 0 Å². The summed E-state index contributed by atoms with van der Waals surface area (Å²) in [5.41, 5.74) is 4.34. The number of aryl methyl sites for hydroxylation is 1. The van der Waals surface area contributed by atoms with Crippen LogP contribution < -0.4 is 5.32 Å². The number of hydrogen-bond donors (Lipinski definition) is 2. The normalized spacial score (nSPS) is 25.0. The van der Waals surface area contributed by atoms with Crippen molar-refractivity contribution in [3.05, 3.63) is 23.7 Å². The van der Waals surface area contributed by atoms with Crippen molar-refractivity contribution in [1.29, 1.82) is 0 Å². The molecule has 27 heavy (non-hydrogen) atoms. The van der Waals surface area contributed by atoms with Crippen LogP contribution in [0.5, 0.6) is 0 Å². The van der Waals surface area contributed by atoms with E-state index in [2.05, 4.69) is 64.5 Å². The lowest BCUT2D eigenvalue weighted by Gasteiger charge is -2.36. The number of fused-ring (bicyclic) bond motifs is 1. The molecule has 5 heteroatoms. The van der Waals surface area contributed by atoms with Crippen molar-refractivity contribution >= 4 is 11.2 Å². The van der Waals surface area contributed by atoms with Crippen molar-refractivity contribution in [2.75, 3.05) is 6.61 Å². The summed E-state index contributed by atoms with van der Waals surface area (Å²) in [4.78, 5) is 9.70. The molecule has 3 heterocycles. The molecule has 0 aliphatic carbocycles. The first kappa shape index (κ1) is 20.3. The second kappa shape index (κ2) is 7.17. The lowest BCUT2D eigenvalue weighted by Crippen LogP contribution is -2.44. The molecule has 0 bridgehead atoms. The second-order valence-electron chi connectivity index (χ2n) is 10.3. The molecule has 0 saturated carbocycles. The minimum atomic E-state index is 0.0553. The maximum absolute atomic E-state index is 10.0. The molecular formula is C22H36N4O. The average Bonchev–Trinajstić information content (AvgIpc) is 2.77. The van der Waals surface area contributed by atoms with Gasteiger partial charge in [0.05, 0.1) is 24.5 Å². The van der Waals surface area contributed by atoms with E-state index in [1.54, 1.807) is 0 Å². The standard InChI is InChI=1S/C22H36N4O/c1-21(2,3)14-9-8-10-15(24-18(14)13-27)17-12-23-16-11-19(22(4,5)6)26(7)20(16)25-17/h11-12,14-15,18,24,27H,8-10,13H2,1-7H3/t14-,15+,18+/m1/s1. The molecule has 2 N–H and O–H groups in total. The Morgan fingerprint density at radius 1 is 1.19 bits per heavy atom. The van der Waals surface area contributed by atoms with Crippen LogP contribution in [-0.4, -0.2) is 32.3 Å². The molecule has 5 nitrogen and oxygen atoms in total. The zero-order valence-electron chi connectivity index (χ0n) is 18.0. The number of nitrogens with one attached hydrogen (secondary N) is 1. The van der Waals surface area contributed by atoms with Crippen LogP contribution in [-0.2, 0) is 12.5 Å². The van der Waals surface area contributed by atoms with Crippen LogP contribution in [0.3, 0.4) is 0 Å². The second-order valence-corrected chi connectivity index (χ2v) is 10.3. The predicted molar refractivity (Wildman–Crippen MR) is 111 cm³/mol. The molecule has 0 unspecified atom stereocenters. The Hall–Kier alpha value is -1.46. The maximum Gasteiger partial charge on any atom is 0.158 e. The number of hydrogen-bond acceptors (Lipinski definition) is 4. The third kappa shape index (κ3) is 4.04. The summed E-state index contributed by atoms with van der Waals surface area (Å²) in [6.45, 7) is 13.6. The Bertz CT molecular complexity index is 797. The molecule has 1 fully saturated rings. The van der Waals surface area contributed by atoms with Gasteiger partial charge in [0.15, 0.2) is 5.65 Å². The van der Waals surface area contributed by atoms with Crippen LogP contribution in [0.15, 0.2) is 12.3 Å². The predicted octanol–water partition coefficient (Wildman–Crippen LogP) is 4.10. The van der Waals surface area contributed by atoms with Gasteiger partial charge in [-0.25, -0.2) is 4.98 Å². The van der Waals surface area contributed by atoms with Crippen molar-refractivity contribution in [3.63, 3.8) is 0 Å². The minimum Gasteiger partial charge on any atom is -0.395 e. The molecule has 1 aliphatic heterocycles. The largest absolute Gasteiger partial charge is 0.395 e. The van der Waals surface area contributed by atoms with E-state index in [1.165, 1.54) is 5.69 Å². The number of aliphatic hydroxyl groups excluding tert-OH is 1. The first-order valence-corrected chi connectivity index (χ1v) is 10.2. The Balaban J connectivity index is 1.94. The summed E-state index contributed by atoms with van der Waals surface area (Å²) in [6.07, 6.45) is 5.21. The van der Waals surface area contributed by atoms with Crippen molar-refractivity contribution in [2.24, 2.45) is 18.4 Å². The Morgan fingerprint density at radius 2 is 1.89 bits per heavy atom. The molecule has 1 aliphatic rings. The third-order valence-electron chi connectivity index (χ3n) is 6.10. The Kier molecular flexibility index (Phi) is 5.39. The summed E-state index contributed by atoms with van der Waals surface area (Å²) in [7, 11) is 2.08. The fourth-order valence-electron chi connectivity index (χ4n) is 4.63. The van der Waals surface area contributed by atoms with Crippen molar-refractivity contribution in [3.8, 4) is 0 Å². The lowest BCUT2D eigenvalue weighted by atomic mass is 9.74. The maximum atomic E-state index is 10.0. The molecule has 3 atom stereocenters. The first-order valence-electron chi connectivity index (χ1n) is 10.2. The Morgan fingerprint density at radius 3 is 2.48 bits per heavy atom. The van der Waals surface area contributed by atoms with Gasteiger partial charge in [-0.3, -0.25) is 4.98 Å². The van der Waals surface area contributed by atoms with Gasteiger partial charge in [0.25, 0.3) is 0 Å². The summed E-state index contributed by atoms with van der Waals surface area (Å²) < 4.78 is 2.17. The van der Waals surface area contributed by atoms with E-state index in [1.807, 2.05) is 6.20 Å². The summed E-state index contributed by atoms with van der Waals surface area (Å²) >= 11 is 0. The SMILES string of the molecule is Cn1c(C(C)(C)C)cc2ncc([C@@H]3CCC[C@@H](C(C)(C)C)[C@H](CO)N3)nc21. The summed E-state index contributed by atoms with van der Waals surface area (Å²) in [6, 6.07) is 2.38. The molecule has 0 aromatic carbocycles. The zero-order valence-corrected chi connectivity index (χ0v) is 18.0. The van der Waals surface area contributed by atoms with E-state index in [-0.39, 0.29) is 29.5 Å². The quantitative estimate of drug-likeness (QED) is 0.833. The number of aliphatic hydroxyl groups is 1. The molecule has 2 aromatic heterocycles. The monoisotopic (exact) mass is 372 g/mol. The van der Waals surface area contributed by atoms with Crippen LogP contribution in [0.1, 0.15) is 78.2 Å². The third-order valence-corrected chi connectivity index (χ3v) is 6.10. The highest BCUT2D eigenvalue weighted by atomic mass is 16.3. The van der Waals surface area contributed by atoms with Crippen LogP contribution in [0.25, 0.3) is 11.2 Å². The van der Waals surface area contributed by atoms with Crippen molar-refractivity contribution in [1.82, 2.24) is 19.9 Å². The van der Waals surface area contributed by atoms with Crippen LogP contribution >= 0.6 is 0 Å². The van der Waals surface area contributed by atoms with Gasteiger partial charge in [0.1, 0.15) is 5.52 Å². The van der Waals surface area contributed by atoms with E-state index < -0.39 is 0 Å². The Labute approximate surface area is 163 Å². The highest BCUT2D eigenvalue weighted by Gasteiger charge is 2.35. The highest BCUT2D eigenvalue weighted by molar-refractivity contribution is 5.73. The molecule has 0 spiro atoms. The number of rotatable bonds is 2.